The summed E-state index contributed by atoms with van der Waals surface area (Å²) in [5, 5.41) is 0. The third-order valence-electron chi connectivity index (χ3n) is 7.36. The summed E-state index contributed by atoms with van der Waals surface area (Å²) in [7, 11) is 0.0562. The maximum atomic E-state index is 6.55. The van der Waals surface area contributed by atoms with Crippen molar-refractivity contribution >= 4 is 7.12 Å². The van der Waals surface area contributed by atoms with Crippen LogP contribution in [0.4, 0.5) is 0 Å². The van der Waals surface area contributed by atoms with E-state index >= 15 is 0 Å². The molecule has 4 aliphatic carbocycles. The lowest BCUT2D eigenvalue weighted by Crippen LogP contribution is -2.65. The van der Waals surface area contributed by atoms with Crippen molar-refractivity contribution in [2.75, 3.05) is 0 Å². The van der Waals surface area contributed by atoms with Gasteiger partial charge in [0.15, 0.2) is 0 Å². The first kappa shape index (κ1) is 13.6. The van der Waals surface area contributed by atoms with Crippen LogP contribution in [0.1, 0.15) is 66.2 Å². The number of hydrogen-bond acceptors (Lipinski definition) is 2. The lowest BCUT2D eigenvalue weighted by atomic mass is 9.43. The predicted molar refractivity (Wildman–Crippen MR) is 81.5 cm³/mol. The molecule has 1 heterocycles. The summed E-state index contributed by atoms with van der Waals surface area (Å²) < 4.78 is 12.9. The highest BCUT2D eigenvalue weighted by Crippen LogP contribution is 2.66. The van der Waals surface area contributed by atoms with E-state index in [4.69, 9.17) is 9.31 Å². The topological polar surface area (TPSA) is 18.5 Å². The molecule has 5 fully saturated rings. The zero-order valence-electron chi connectivity index (χ0n) is 13.5. The van der Waals surface area contributed by atoms with Gasteiger partial charge in [-0.1, -0.05) is 40.0 Å². The van der Waals surface area contributed by atoms with Crippen molar-refractivity contribution in [1.29, 1.82) is 0 Å². The molecule has 4 saturated carbocycles. The standard InChI is InChI=1S/C17H29BO2/c1-11(8-12-6-5-7-12)18-19-15-10-13-9-14(16(13,2)3)17(15,4)20-18/h11-15H,5-10H2,1-4H3/t11-,13+,14+,15?,17+/m1/s1. The van der Waals surface area contributed by atoms with Gasteiger partial charge in [-0.2, -0.15) is 0 Å². The Morgan fingerprint density at radius 3 is 2.55 bits per heavy atom. The Morgan fingerprint density at radius 1 is 1.20 bits per heavy atom. The minimum atomic E-state index is -0.0171. The first-order valence-corrected chi connectivity index (χ1v) is 8.74. The summed E-state index contributed by atoms with van der Waals surface area (Å²) in [6, 6.07) is 0. The van der Waals surface area contributed by atoms with Crippen LogP contribution in [0.25, 0.3) is 0 Å². The molecule has 20 heavy (non-hydrogen) atoms. The molecule has 0 amide bonds. The Bertz CT molecular complexity index is 406. The van der Waals surface area contributed by atoms with Crippen molar-refractivity contribution in [2.45, 2.75) is 83.7 Å². The fourth-order valence-corrected chi connectivity index (χ4v) is 5.51. The van der Waals surface area contributed by atoms with Gasteiger partial charge in [-0.25, -0.2) is 0 Å². The predicted octanol–water partition coefficient (Wildman–Crippen LogP) is 4.30. The maximum absolute atomic E-state index is 6.55. The monoisotopic (exact) mass is 276 g/mol. The van der Waals surface area contributed by atoms with Crippen LogP contribution in [0.3, 0.4) is 0 Å². The minimum Gasteiger partial charge on any atom is -0.405 e. The van der Waals surface area contributed by atoms with Gasteiger partial charge in [0, 0.05) is 0 Å². The minimum absolute atomic E-state index is 0.0171. The Labute approximate surface area is 124 Å². The Kier molecular flexibility index (Phi) is 2.90. The van der Waals surface area contributed by atoms with Gasteiger partial charge in [-0.3, -0.25) is 0 Å². The fourth-order valence-electron chi connectivity index (χ4n) is 5.51. The molecule has 0 aromatic carbocycles. The second-order valence-corrected chi connectivity index (χ2v) is 8.85. The molecular weight excluding hydrogens is 247 g/mol. The molecule has 5 atom stereocenters. The van der Waals surface area contributed by atoms with Gasteiger partial charge in [0.1, 0.15) is 0 Å². The van der Waals surface area contributed by atoms with E-state index in [1.807, 2.05) is 0 Å². The van der Waals surface area contributed by atoms with Crippen LogP contribution in [-0.2, 0) is 9.31 Å². The normalized spacial score (nSPS) is 47.4. The van der Waals surface area contributed by atoms with Crippen LogP contribution in [-0.4, -0.2) is 18.8 Å². The van der Waals surface area contributed by atoms with E-state index in [2.05, 4.69) is 27.7 Å². The molecule has 0 aromatic heterocycles. The smallest absolute Gasteiger partial charge is 0.405 e. The van der Waals surface area contributed by atoms with Crippen LogP contribution in [0.5, 0.6) is 0 Å². The summed E-state index contributed by atoms with van der Waals surface area (Å²) in [6.45, 7) is 9.53. The largest absolute Gasteiger partial charge is 0.460 e. The van der Waals surface area contributed by atoms with Crippen LogP contribution < -0.4 is 0 Å². The van der Waals surface area contributed by atoms with Gasteiger partial charge in [-0.05, 0) is 55.2 Å². The van der Waals surface area contributed by atoms with E-state index in [1.165, 1.54) is 38.5 Å². The third-order valence-corrected chi connectivity index (χ3v) is 7.36. The molecule has 0 aromatic rings. The molecule has 1 unspecified atom stereocenters. The summed E-state index contributed by atoms with van der Waals surface area (Å²) in [6.07, 6.45) is 8.51. The number of rotatable bonds is 3. The van der Waals surface area contributed by atoms with Crippen LogP contribution >= 0.6 is 0 Å². The second kappa shape index (κ2) is 4.26. The Hall–Kier alpha value is -0.0151. The van der Waals surface area contributed by atoms with Crippen molar-refractivity contribution in [3.63, 3.8) is 0 Å². The van der Waals surface area contributed by atoms with Crippen molar-refractivity contribution in [3.05, 3.63) is 0 Å². The van der Waals surface area contributed by atoms with Crippen LogP contribution in [0, 0.1) is 23.2 Å². The average Bonchev–Trinajstić information content (AvgIpc) is 2.70. The first-order chi connectivity index (χ1) is 9.41. The second-order valence-electron chi connectivity index (χ2n) is 8.85. The molecule has 3 heteroatoms. The van der Waals surface area contributed by atoms with Crippen LogP contribution in [0.15, 0.2) is 0 Å². The van der Waals surface area contributed by atoms with E-state index in [0.717, 1.165) is 11.8 Å². The summed E-state index contributed by atoms with van der Waals surface area (Å²) in [4.78, 5) is 0. The van der Waals surface area contributed by atoms with Gasteiger partial charge in [0.2, 0.25) is 0 Å². The van der Waals surface area contributed by atoms with E-state index < -0.39 is 0 Å². The Morgan fingerprint density at radius 2 is 1.95 bits per heavy atom. The molecule has 2 nitrogen and oxygen atoms in total. The quantitative estimate of drug-likeness (QED) is 0.716. The van der Waals surface area contributed by atoms with E-state index in [0.29, 0.717) is 23.3 Å². The molecule has 1 aliphatic heterocycles. The third kappa shape index (κ3) is 1.72. The molecule has 5 aliphatic rings. The Balaban J connectivity index is 1.46. The average molecular weight is 276 g/mol. The maximum Gasteiger partial charge on any atom is 0.460 e. The SMILES string of the molecule is C[C@H](CC1CCC1)B1OC2C[C@@H]3C[C@@H](C3(C)C)[C@]2(C)O1. The zero-order valence-corrected chi connectivity index (χ0v) is 13.5. The van der Waals surface area contributed by atoms with E-state index in [-0.39, 0.29) is 12.7 Å². The highest BCUT2D eigenvalue weighted by Gasteiger charge is 2.68. The summed E-state index contributed by atoms with van der Waals surface area (Å²) >= 11 is 0. The molecule has 0 N–H and O–H groups in total. The van der Waals surface area contributed by atoms with Crippen LogP contribution in [0.2, 0.25) is 5.82 Å². The molecule has 0 spiro atoms. The molecule has 0 radical (unpaired) electrons. The van der Waals surface area contributed by atoms with Crippen molar-refractivity contribution < 1.29 is 9.31 Å². The van der Waals surface area contributed by atoms with Crippen molar-refractivity contribution in [3.8, 4) is 0 Å². The van der Waals surface area contributed by atoms with Gasteiger partial charge in [-0.15, -0.1) is 0 Å². The zero-order chi connectivity index (χ0) is 14.1. The molecular formula is C17H29BO2. The molecule has 5 rings (SSSR count). The lowest BCUT2D eigenvalue weighted by Gasteiger charge is -2.64. The fraction of sp³-hybridized carbons (Fsp3) is 1.00. The van der Waals surface area contributed by atoms with Crippen molar-refractivity contribution in [1.82, 2.24) is 0 Å². The van der Waals surface area contributed by atoms with Gasteiger partial charge in [0.05, 0.1) is 11.7 Å². The van der Waals surface area contributed by atoms with E-state index in [1.54, 1.807) is 0 Å². The van der Waals surface area contributed by atoms with Gasteiger partial charge < -0.3 is 9.31 Å². The first-order valence-electron chi connectivity index (χ1n) is 8.74. The van der Waals surface area contributed by atoms with Gasteiger partial charge >= 0.3 is 7.12 Å². The van der Waals surface area contributed by atoms with Gasteiger partial charge in [0.25, 0.3) is 0 Å². The molecule has 112 valence electrons. The lowest BCUT2D eigenvalue weighted by molar-refractivity contribution is -0.199. The molecule has 1 saturated heterocycles. The van der Waals surface area contributed by atoms with E-state index in [9.17, 15) is 0 Å². The highest BCUT2D eigenvalue weighted by atomic mass is 16.7. The molecule has 2 bridgehead atoms. The summed E-state index contributed by atoms with van der Waals surface area (Å²) in [5.41, 5.74) is 0.442. The highest BCUT2D eigenvalue weighted by molar-refractivity contribution is 6.47. The number of hydrogen-bond donors (Lipinski definition) is 0. The van der Waals surface area contributed by atoms with Crippen molar-refractivity contribution in [2.24, 2.45) is 23.2 Å². The summed E-state index contributed by atoms with van der Waals surface area (Å²) in [5.74, 6) is 3.05.